The van der Waals surface area contributed by atoms with Crippen LogP contribution in [0.15, 0.2) is 0 Å². The summed E-state index contributed by atoms with van der Waals surface area (Å²) in [6, 6.07) is 0.339. The van der Waals surface area contributed by atoms with E-state index in [4.69, 9.17) is 4.74 Å². The third-order valence-electron chi connectivity index (χ3n) is 3.31. The molecule has 2 N–H and O–H groups in total. The van der Waals surface area contributed by atoms with Crippen molar-refractivity contribution in [1.29, 1.82) is 0 Å². The molecule has 0 saturated carbocycles. The molecule has 1 rings (SSSR count). The van der Waals surface area contributed by atoms with Crippen molar-refractivity contribution in [2.75, 3.05) is 31.2 Å². The smallest absolute Gasteiger partial charge is 0.221 e. The number of thioether (sulfide) groups is 1. The van der Waals surface area contributed by atoms with Crippen LogP contribution >= 0.6 is 24.2 Å². The molecule has 2 atom stereocenters. The van der Waals surface area contributed by atoms with Crippen LogP contribution in [0.1, 0.15) is 33.6 Å². The second-order valence-electron chi connectivity index (χ2n) is 5.31. The Morgan fingerprint density at radius 3 is 2.80 bits per heavy atom. The number of nitrogens with one attached hydrogen (secondary N) is 2. The number of halogens is 1. The Bertz CT molecular complexity index is 262. The standard InChI is InChI=1S/C14H28N2O2S.ClH/c1-4-18-13(11(2)3)5-6-16-14(17)9-12-10-19-8-7-15-12;/h11-13,15H,4-10H2,1-3H3,(H,16,17);1H. The topological polar surface area (TPSA) is 50.4 Å². The van der Waals surface area contributed by atoms with Gasteiger partial charge >= 0.3 is 0 Å². The number of carbonyl (C=O) groups excluding carboxylic acids is 1. The van der Waals surface area contributed by atoms with E-state index in [-0.39, 0.29) is 24.4 Å². The van der Waals surface area contributed by atoms with E-state index in [1.54, 1.807) is 0 Å². The van der Waals surface area contributed by atoms with E-state index < -0.39 is 0 Å². The van der Waals surface area contributed by atoms with Crippen molar-refractivity contribution < 1.29 is 9.53 Å². The molecular weight excluding hydrogens is 296 g/mol. The average Bonchev–Trinajstić information content (AvgIpc) is 2.38. The van der Waals surface area contributed by atoms with Gasteiger partial charge in [-0.25, -0.2) is 0 Å². The first kappa shape index (κ1) is 20.0. The number of amides is 1. The Morgan fingerprint density at radius 2 is 2.25 bits per heavy atom. The minimum absolute atomic E-state index is 0. The number of hydrogen-bond donors (Lipinski definition) is 2. The normalized spacial score (nSPS) is 20.3. The van der Waals surface area contributed by atoms with Crippen LogP contribution in [0.5, 0.6) is 0 Å². The predicted molar refractivity (Wildman–Crippen MR) is 88.9 cm³/mol. The summed E-state index contributed by atoms with van der Waals surface area (Å²) in [5.41, 5.74) is 0. The highest BCUT2D eigenvalue weighted by atomic mass is 35.5. The maximum absolute atomic E-state index is 11.8. The van der Waals surface area contributed by atoms with Crippen molar-refractivity contribution in [3.8, 4) is 0 Å². The fourth-order valence-corrected chi connectivity index (χ4v) is 3.17. The second kappa shape index (κ2) is 11.7. The molecule has 4 nitrogen and oxygen atoms in total. The van der Waals surface area contributed by atoms with Gasteiger partial charge in [-0.2, -0.15) is 11.8 Å². The molecule has 1 heterocycles. The van der Waals surface area contributed by atoms with E-state index in [1.165, 1.54) is 0 Å². The van der Waals surface area contributed by atoms with E-state index in [2.05, 4.69) is 24.5 Å². The van der Waals surface area contributed by atoms with Crippen LogP contribution in [0.25, 0.3) is 0 Å². The maximum atomic E-state index is 11.8. The zero-order valence-corrected chi connectivity index (χ0v) is 14.4. The summed E-state index contributed by atoms with van der Waals surface area (Å²) in [4.78, 5) is 11.8. The third-order valence-corrected chi connectivity index (χ3v) is 4.44. The Hall–Kier alpha value is 0.0300. The number of hydrogen-bond acceptors (Lipinski definition) is 4. The van der Waals surface area contributed by atoms with Gasteiger partial charge in [0.05, 0.1) is 6.10 Å². The molecule has 0 aromatic carbocycles. The SMILES string of the molecule is CCOC(CCNC(=O)CC1CSCCN1)C(C)C.Cl. The predicted octanol–water partition coefficient (Wildman–Crippen LogP) is 2.07. The fourth-order valence-electron chi connectivity index (χ4n) is 2.22. The minimum Gasteiger partial charge on any atom is -0.378 e. The van der Waals surface area contributed by atoms with Crippen LogP contribution < -0.4 is 10.6 Å². The first-order chi connectivity index (χ1) is 9.13. The zero-order chi connectivity index (χ0) is 14.1. The number of ether oxygens (including phenoxy) is 1. The quantitative estimate of drug-likeness (QED) is 0.717. The zero-order valence-electron chi connectivity index (χ0n) is 12.8. The molecule has 120 valence electrons. The summed E-state index contributed by atoms with van der Waals surface area (Å²) < 4.78 is 5.67. The Morgan fingerprint density at radius 1 is 1.50 bits per heavy atom. The van der Waals surface area contributed by atoms with Crippen LogP contribution in [-0.4, -0.2) is 49.3 Å². The second-order valence-corrected chi connectivity index (χ2v) is 6.46. The van der Waals surface area contributed by atoms with Gasteiger partial charge in [0.1, 0.15) is 0 Å². The van der Waals surface area contributed by atoms with Gasteiger partial charge < -0.3 is 15.4 Å². The lowest BCUT2D eigenvalue weighted by Gasteiger charge is -2.23. The molecule has 20 heavy (non-hydrogen) atoms. The van der Waals surface area contributed by atoms with Crippen LogP contribution in [0.3, 0.4) is 0 Å². The summed E-state index contributed by atoms with van der Waals surface area (Å²) in [6.07, 6.45) is 1.73. The maximum Gasteiger partial charge on any atom is 0.221 e. The number of rotatable bonds is 8. The van der Waals surface area contributed by atoms with Gasteiger partial charge in [0, 0.05) is 43.7 Å². The van der Waals surface area contributed by atoms with Crippen LogP contribution in [-0.2, 0) is 9.53 Å². The lowest BCUT2D eigenvalue weighted by Crippen LogP contribution is -2.41. The first-order valence-corrected chi connectivity index (χ1v) is 8.48. The van der Waals surface area contributed by atoms with E-state index in [9.17, 15) is 4.79 Å². The van der Waals surface area contributed by atoms with E-state index in [0.717, 1.165) is 31.1 Å². The van der Waals surface area contributed by atoms with E-state index in [1.807, 2.05) is 18.7 Å². The van der Waals surface area contributed by atoms with Crippen molar-refractivity contribution >= 4 is 30.1 Å². The summed E-state index contributed by atoms with van der Waals surface area (Å²) in [5, 5.41) is 6.39. The van der Waals surface area contributed by atoms with Crippen LogP contribution in [0.4, 0.5) is 0 Å². The fraction of sp³-hybridized carbons (Fsp3) is 0.929. The molecule has 2 unspecified atom stereocenters. The summed E-state index contributed by atoms with van der Waals surface area (Å²) in [7, 11) is 0. The van der Waals surface area contributed by atoms with Gasteiger partial charge in [0.2, 0.25) is 5.91 Å². The Kier molecular flexibility index (Phi) is 11.7. The van der Waals surface area contributed by atoms with Crippen LogP contribution in [0, 0.1) is 5.92 Å². The average molecular weight is 325 g/mol. The molecule has 0 aromatic rings. The van der Waals surface area contributed by atoms with Crippen molar-refractivity contribution in [2.45, 2.75) is 45.8 Å². The van der Waals surface area contributed by atoms with Gasteiger partial charge in [-0.15, -0.1) is 12.4 Å². The number of carbonyl (C=O) groups is 1. The Balaban J connectivity index is 0.00000361. The Labute approximate surface area is 133 Å². The summed E-state index contributed by atoms with van der Waals surface area (Å²) >= 11 is 1.92. The van der Waals surface area contributed by atoms with Crippen molar-refractivity contribution in [1.82, 2.24) is 10.6 Å². The molecule has 1 aliphatic rings. The highest BCUT2D eigenvalue weighted by Gasteiger charge is 2.17. The molecule has 0 aromatic heterocycles. The van der Waals surface area contributed by atoms with E-state index >= 15 is 0 Å². The molecule has 0 aliphatic carbocycles. The van der Waals surface area contributed by atoms with Crippen molar-refractivity contribution in [3.05, 3.63) is 0 Å². The highest BCUT2D eigenvalue weighted by molar-refractivity contribution is 7.99. The summed E-state index contributed by atoms with van der Waals surface area (Å²) in [5.74, 6) is 2.84. The molecule has 0 bridgehead atoms. The third kappa shape index (κ3) is 8.35. The summed E-state index contributed by atoms with van der Waals surface area (Å²) in [6.45, 7) is 8.79. The molecule has 0 spiro atoms. The molecular formula is C14H29ClN2O2S. The van der Waals surface area contributed by atoms with Gasteiger partial charge in [-0.3, -0.25) is 4.79 Å². The lowest BCUT2D eigenvalue weighted by molar-refractivity contribution is -0.121. The van der Waals surface area contributed by atoms with Crippen LogP contribution in [0.2, 0.25) is 0 Å². The molecule has 0 radical (unpaired) electrons. The van der Waals surface area contributed by atoms with Gasteiger partial charge in [-0.1, -0.05) is 13.8 Å². The molecule has 1 aliphatic heterocycles. The van der Waals surface area contributed by atoms with Gasteiger partial charge in [0.15, 0.2) is 0 Å². The molecule has 6 heteroatoms. The molecule has 1 amide bonds. The van der Waals surface area contributed by atoms with Gasteiger partial charge in [0.25, 0.3) is 0 Å². The molecule has 1 fully saturated rings. The van der Waals surface area contributed by atoms with E-state index in [0.29, 0.717) is 24.9 Å². The minimum atomic E-state index is 0. The highest BCUT2D eigenvalue weighted by Crippen LogP contribution is 2.11. The van der Waals surface area contributed by atoms with Gasteiger partial charge in [-0.05, 0) is 19.3 Å². The largest absolute Gasteiger partial charge is 0.378 e. The van der Waals surface area contributed by atoms with Crippen molar-refractivity contribution in [2.24, 2.45) is 5.92 Å². The molecule has 1 saturated heterocycles. The first-order valence-electron chi connectivity index (χ1n) is 7.33. The van der Waals surface area contributed by atoms with Crippen molar-refractivity contribution in [3.63, 3.8) is 0 Å². The lowest BCUT2D eigenvalue weighted by atomic mass is 10.0. The monoisotopic (exact) mass is 324 g/mol.